The van der Waals surface area contributed by atoms with Crippen molar-refractivity contribution in [3.8, 4) is 5.75 Å². The molecule has 0 saturated carbocycles. The number of imidazole rings is 1. The molecule has 4 N–H and O–H groups in total. The molecule has 0 aliphatic rings. The second-order valence-corrected chi connectivity index (χ2v) is 3.52. The van der Waals surface area contributed by atoms with E-state index in [0.717, 1.165) is 0 Å². The molecule has 1 atom stereocenters. The van der Waals surface area contributed by atoms with Gasteiger partial charge in [0, 0.05) is 6.20 Å². The number of rotatable bonds is 2. The molecule has 0 aliphatic carbocycles. The number of fused-ring (bicyclic) bond motifs is 1. The molecule has 84 valence electrons. The van der Waals surface area contributed by atoms with Gasteiger partial charge in [-0.05, 0) is 19.1 Å². The highest BCUT2D eigenvalue weighted by atomic mass is 16.4. The van der Waals surface area contributed by atoms with E-state index in [2.05, 4.69) is 4.98 Å². The van der Waals surface area contributed by atoms with Crippen LogP contribution in [0.3, 0.4) is 0 Å². The minimum atomic E-state index is -1.19. The van der Waals surface area contributed by atoms with E-state index in [1.54, 1.807) is 19.2 Å². The lowest BCUT2D eigenvalue weighted by atomic mass is 10.3. The van der Waals surface area contributed by atoms with E-state index >= 15 is 0 Å². The van der Waals surface area contributed by atoms with Gasteiger partial charge in [0.15, 0.2) is 5.69 Å². The Morgan fingerprint density at radius 1 is 1.62 bits per heavy atom. The summed E-state index contributed by atoms with van der Waals surface area (Å²) in [6.07, 6.45) is 1.62. The standard InChI is InChI=1S/C10H11N3O3/c1-5(11)9-12-7(10(15)16)8-6(14)3-2-4-13(8)9/h2-5,14H,11H2,1H3,(H,15,16). The van der Waals surface area contributed by atoms with Crippen molar-refractivity contribution in [2.45, 2.75) is 13.0 Å². The van der Waals surface area contributed by atoms with Crippen LogP contribution in [-0.4, -0.2) is 25.6 Å². The Morgan fingerprint density at radius 2 is 2.31 bits per heavy atom. The summed E-state index contributed by atoms with van der Waals surface area (Å²) in [5.41, 5.74) is 5.66. The van der Waals surface area contributed by atoms with Gasteiger partial charge in [-0.25, -0.2) is 9.78 Å². The lowest BCUT2D eigenvalue weighted by Crippen LogP contribution is -2.09. The molecule has 6 nitrogen and oxygen atoms in total. The third-order valence-corrected chi connectivity index (χ3v) is 2.28. The summed E-state index contributed by atoms with van der Waals surface area (Å²) in [6.45, 7) is 1.70. The predicted octanol–water partition coefficient (Wildman–Crippen LogP) is 0.758. The second-order valence-electron chi connectivity index (χ2n) is 3.52. The van der Waals surface area contributed by atoms with Crippen LogP contribution in [0.1, 0.15) is 29.3 Å². The molecule has 0 bridgehead atoms. The van der Waals surface area contributed by atoms with Gasteiger partial charge in [-0.15, -0.1) is 0 Å². The van der Waals surface area contributed by atoms with Crippen LogP contribution in [0.5, 0.6) is 5.75 Å². The van der Waals surface area contributed by atoms with Gasteiger partial charge in [-0.1, -0.05) is 0 Å². The first-order chi connectivity index (χ1) is 7.52. The van der Waals surface area contributed by atoms with Gasteiger partial charge >= 0.3 is 5.97 Å². The smallest absolute Gasteiger partial charge is 0.356 e. The molecule has 16 heavy (non-hydrogen) atoms. The highest BCUT2D eigenvalue weighted by Gasteiger charge is 2.20. The molecule has 0 saturated heterocycles. The summed E-state index contributed by atoms with van der Waals surface area (Å²) in [5, 5.41) is 18.6. The number of nitrogens with two attached hydrogens (primary N) is 1. The van der Waals surface area contributed by atoms with Crippen LogP contribution in [-0.2, 0) is 0 Å². The average Bonchev–Trinajstić information content (AvgIpc) is 2.58. The zero-order chi connectivity index (χ0) is 11.9. The first-order valence-electron chi connectivity index (χ1n) is 4.71. The number of carbonyl (C=O) groups is 1. The first kappa shape index (κ1) is 10.4. The van der Waals surface area contributed by atoms with E-state index in [9.17, 15) is 9.90 Å². The van der Waals surface area contributed by atoms with Gasteiger partial charge < -0.3 is 15.9 Å². The monoisotopic (exact) mass is 221 g/mol. The van der Waals surface area contributed by atoms with Crippen molar-refractivity contribution < 1.29 is 15.0 Å². The zero-order valence-electron chi connectivity index (χ0n) is 8.58. The molecule has 2 rings (SSSR count). The number of hydrogen-bond donors (Lipinski definition) is 3. The van der Waals surface area contributed by atoms with Crippen molar-refractivity contribution in [3.05, 3.63) is 29.8 Å². The number of hydrogen-bond acceptors (Lipinski definition) is 4. The van der Waals surface area contributed by atoms with Crippen molar-refractivity contribution in [2.75, 3.05) is 0 Å². The fourth-order valence-corrected chi connectivity index (χ4v) is 1.62. The van der Waals surface area contributed by atoms with E-state index in [4.69, 9.17) is 10.8 Å². The summed E-state index contributed by atoms with van der Waals surface area (Å²) >= 11 is 0. The Morgan fingerprint density at radius 3 is 2.88 bits per heavy atom. The topological polar surface area (TPSA) is 101 Å². The minimum Gasteiger partial charge on any atom is -0.506 e. The highest BCUT2D eigenvalue weighted by Crippen LogP contribution is 2.25. The lowest BCUT2D eigenvalue weighted by molar-refractivity contribution is 0.0693. The van der Waals surface area contributed by atoms with Crippen LogP contribution < -0.4 is 5.73 Å². The van der Waals surface area contributed by atoms with Gasteiger partial charge in [0.05, 0.1) is 6.04 Å². The van der Waals surface area contributed by atoms with Crippen molar-refractivity contribution in [1.82, 2.24) is 9.38 Å². The molecule has 6 heteroatoms. The zero-order valence-corrected chi connectivity index (χ0v) is 8.58. The van der Waals surface area contributed by atoms with Crippen LogP contribution in [0.25, 0.3) is 5.52 Å². The van der Waals surface area contributed by atoms with Crippen LogP contribution >= 0.6 is 0 Å². The van der Waals surface area contributed by atoms with Crippen LogP contribution in [0, 0.1) is 0 Å². The fraction of sp³-hybridized carbons (Fsp3) is 0.200. The number of nitrogens with zero attached hydrogens (tertiary/aromatic N) is 2. The number of aromatic hydroxyl groups is 1. The predicted molar refractivity (Wildman–Crippen MR) is 56.4 cm³/mol. The van der Waals surface area contributed by atoms with E-state index in [1.807, 2.05) is 0 Å². The molecular weight excluding hydrogens is 210 g/mol. The maximum atomic E-state index is 11.0. The number of carboxylic acids is 1. The van der Waals surface area contributed by atoms with Crippen molar-refractivity contribution >= 4 is 11.5 Å². The number of carboxylic acid groups (broad SMARTS) is 1. The summed E-state index contributed by atoms with van der Waals surface area (Å²) in [4.78, 5) is 14.9. The van der Waals surface area contributed by atoms with Crippen molar-refractivity contribution in [1.29, 1.82) is 0 Å². The van der Waals surface area contributed by atoms with Gasteiger partial charge in [0.25, 0.3) is 0 Å². The normalized spacial score (nSPS) is 12.9. The summed E-state index contributed by atoms with van der Waals surface area (Å²) in [6, 6.07) is 2.60. The largest absolute Gasteiger partial charge is 0.506 e. The number of pyridine rings is 1. The summed E-state index contributed by atoms with van der Waals surface area (Å²) < 4.78 is 1.49. The van der Waals surface area contributed by atoms with Crippen LogP contribution in [0.15, 0.2) is 18.3 Å². The van der Waals surface area contributed by atoms with Crippen LogP contribution in [0.4, 0.5) is 0 Å². The molecule has 1 unspecified atom stereocenters. The summed E-state index contributed by atoms with van der Waals surface area (Å²) in [5.74, 6) is -0.909. The lowest BCUT2D eigenvalue weighted by Gasteiger charge is -2.03. The van der Waals surface area contributed by atoms with Crippen molar-refractivity contribution in [2.24, 2.45) is 5.73 Å². The molecule has 0 radical (unpaired) electrons. The van der Waals surface area contributed by atoms with Crippen molar-refractivity contribution in [3.63, 3.8) is 0 Å². The Bertz CT molecular complexity index is 560. The van der Waals surface area contributed by atoms with E-state index in [0.29, 0.717) is 5.82 Å². The van der Waals surface area contributed by atoms with E-state index < -0.39 is 12.0 Å². The Labute approximate surface area is 91.0 Å². The minimum absolute atomic E-state index is 0.126. The number of aromatic nitrogens is 2. The third kappa shape index (κ3) is 1.40. The molecule has 2 aromatic heterocycles. The first-order valence-corrected chi connectivity index (χ1v) is 4.71. The van der Waals surface area contributed by atoms with E-state index in [1.165, 1.54) is 10.5 Å². The molecule has 2 heterocycles. The molecule has 0 spiro atoms. The van der Waals surface area contributed by atoms with E-state index in [-0.39, 0.29) is 17.0 Å². The molecule has 0 amide bonds. The maximum absolute atomic E-state index is 11.0. The molecule has 0 fully saturated rings. The van der Waals surface area contributed by atoms with Gasteiger partial charge in [0.1, 0.15) is 17.1 Å². The molecule has 2 aromatic rings. The SMILES string of the molecule is CC(N)c1nc(C(=O)O)c2c(O)cccn12. The molecule has 0 aliphatic heterocycles. The Hall–Kier alpha value is -2.08. The fourth-order valence-electron chi connectivity index (χ4n) is 1.62. The average molecular weight is 221 g/mol. The molecule has 0 aromatic carbocycles. The Kier molecular flexibility index (Phi) is 2.28. The maximum Gasteiger partial charge on any atom is 0.356 e. The molecular formula is C10H11N3O3. The van der Waals surface area contributed by atoms with Gasteiger partial charge in [-0.2, -0.15) is 0 Å². The summed E-state index contributed by atoms with van der Waals surface area (Å²) in [7, 11) is 0. The van der Waals surface area contributed by atoms with Gasteiger partial charge in [-0.3, -0.25) is 4.40 Å². The second kappa shape index (κ2) is 3.49. The van der Waals surface area contributed by atoms with Gasteiger partial charge in [0.2, 0.25) is 0 Å². The third-order valence-electron chi connectivity index (χ3n) is 2.28. The Balaban J connectivity index is 2.87. The quantitative estimate of drug-likeness (QED) is 0.694. The highest BCUT2D eigenvalue weighted by molar-refractivity contribution is 5.95. The van der Waals surface area contributed by atoms with Crippen LogP contribution in [0.2, 0.25) is 0 Å². The number of aromatic carboxylic acids is 1.